The van der Waals surface area contributed by atoms with Crippen LogP contribution in [0.1, 0.15) is 58.8 Å². The van der Waals surface area contributed by atoms with Crippen molar-refractivity contribution in [1.29, 1.82) is 0 Å². The van der Waals surface area contributed by atoms with Gasteiger partial charge in [0, 0.05) is 19.5 Å². The molecule has 4 heteroatoms. The van der Waals surface area contributed by atoms with Crippen LogP contribution in [0.15, 0.2) is 4.99 Å². The molecule has 3 nitrogen and oxygen atoms in total. The Morgan fingerprint density at radius 2 is 1.89 bits per heavy atom. The van der Waals surface area contributed by atoms with E-state index in [1.807, 2.05) is 0 Å². The first-order valence-corrected chi connectivity index (χ1v) is 7.20. The molecule has 1 aliphatic heterocycles. The van der Waals surface area contributed by atoms with E-state index in [9.17, 15) is 0 Å². The fourth-order valence-electron chi connectivity index (χ4n) is 2.43. The number of aliphatic hydroxyl groups is 1. The Balaban J connectivity index is 0.00000289. The molecule has 1 N–H and O–H groups in total. The summed E-state index contributed by atoms with van der Waals surface area (Å²) >= 11 is 0. The molecule has 1 atom stereocenters. The van der Waals surface area contributed by atoms with Gasteiger partial charge in [0.1, 0.15) is 0 Å². The molecule has 0 aromatic rings. The van der Waals surface area contributed by atoms with Gasteiger partial charge in [0.15, 0.2) is 0 Å². The van der Waals surface area contributed by atoms with E-state index < -0.39 is 0 Å². The Bertz CT molecular complexity index is 234. The maximum atomic E-state index is 9.00. The van der Waals surface area contributed by atoms with E-state index in [2.05, 4.69) is 23.7 Å². The van der Waals surface area contributed by atoms with E-state index in [0.717, 1.165) is 19.5 Å². The predicted molar refractivity (Wildman–Crippen MR) is 83.9 cm³/mol. The minimum absolute atomic E-state index is 0. The molecule has 0 radical (unpaired) electrons. The zero-order valence-electron chi connectivity index (χ0n) is 11.9. The molecule has 1 heterocycles. The first-order chi connectivity index (χ1) is 8.27. The number of halogens is 1. The molecule has 0 bridgehead atoms. The summed E-state index contributed by atoms with van der Waals surface area (Å²) in [5, 5.41) is 9.00. The number of aliphatic hydroxyl groups excluding tert-OH is 1. The molecule has 0 spiro atoms. The number of hydrogen-bond donors (Lipinski definition) is 1. The fraction of sp³-hybridized carbons (Fsp3) is 0.929. The summed E-state index contributed by atoms with van der Waals surface area (Å²) in [6.07, 6.45) is 9.08. The average Bonchev–Trinajstić information content (AvgIpc) is 2.65. The number of nitrogens with zero attached hydrogens (tertiary/aromatic N) is 2. The highest BCUT2D eigenvalue weighted by molar-refractivity contribution is 8.93. The molecule has 0 saturated heterocycles. The summed E-state index contributed by atoms with van der Waals surface area (Å²) in [7, 11) is 0. The van der Waals surface area contributed by atoms with Crippen molar-refractivity contribution in [3.63, 3.8) is 0 Å². The van der Waals surface area contributed by atoms with Gasteiger partial charge in [-0.05, 0) is 13.3 Å². The van der Waals surface area contributed by atoms with Gasteiger partial charge in [-0.15, -0.1) is 17.0 Å². The Hall–Kier alpha value is -0.0900. The molecule has 18 heavy (non-hydrogen) atoms. The Morgan fingerprint density at radius 1 is 1.22 bits per heavy atom. The largest absolute Gasteiger partial charge is 0.395 e. The predicted octanol–water partition coefficient (Wildman–Crippen LogP) is 3.41. The average molecular weight is 321 g/mol. The van der Waals surface area contributed by atoms with Crippen molar-refractivity contribution in [3.05, 3.63) is 0 Å². The van der Waals surface area contributed by atoms with E-state index in [4.69, 9.17) is 5.11 Å². The van der Waals surface area contributed by atoms with Gasteiger partial charge >= 0.3 is 0 Å². The van der Waals surface area contributed by atoms with Gasteiger partial charge in [-0.1, -0.05) is 39.0 Å². The zero-order chi connectivity index (χ0) is 12.5. The van der Waals surface area contributed by atoms with Crippen LogP contribution in [-0.4, -0.2) is 41.6 Å². The molecular weight excluding hydrogens is 292 g/mol. The number of amidine groups is 1. The van der Waals surface area contributed by atoms with Crippen LogP contribution in [0.4, 0.5) is 0 Å². The molecule has 1 unspecified atom stereocenters. The first kappa shape index (κ1) is 17.9. The molecule has 0 fully saturated rings. The van der Waals surface area contributed by atoms with Crippen LogP contribution in [0.3, 0.4) is 0 Å². The number of hydrogen-bond acceptors (Lipinski definition) is 3. The molecule has 0 aromatic carbocycles. The van der Waals surface area contributed by atoms with E-state index in [1.54, 1.807) is 0 Å². The molecule has 1 rings (SSSR count). The fourth-order valence-corrected chi connectivity index (χ4v) is 2.43. The Kier molecular flexibility index (Phi) is 10.7. The van der Waals surface area contributed by atoms with Gasteiger partial charge in [0.05, 0.1) is 18.5 Å². The summed E-state index contributed by atoms with van der Waals surface area (Å²) in [4.78, 5) is 6.90. The van der Waals surface area contributed by atoms with E-state index in [1.165, 1.54) is 44.4 Å². The molecule has 0 saturated carbocycles. The molecule has 108 valence electrons. The highest BCUT2D eigenvalue weighted by atomic mass is 79.9. The second-order valence-corrected chi connectivity index (χ2v) is 5.08. The standard InChI is InChI=1S/C14H28N2O.BrH/c1-3-4-5-6-7-8-9-14-15-13(2)12-16(14)10-11-17;/h13,17H,3-12H2,1-2H3;1H. The maximum absolute atomic E-state index is 9.00. The van der Waals surface area contributed by atoms with Gasteiger partial charge in [0.25, 0.3) is 0 Å². The van der Waals surface area contributed by atoms with Gasteiger partial charge in [-0.3, -0.25) is 4.99 Å². The monoisotopic (exact) mass is 320 g/mol. The lowest BCUT2D eigenvalue weighted by Crippen LogP contribution is -2.31. The Labute approximate surface area is 122 Å². The van der Waals surface area contributed by atoms with Crippen LogP contribution >= 0.6 is 17.0 Å². The quantitative estimate of drug-likeness (QED) is 0.661. The van der Waals surface area contributed by atoms with Crippen LogP contribution < -0.4 is 0 Å². The third-order valence-corrected chi connectivity index (χ3v) is 3.34. The van der Waals surface area contributed by atoms with Gasteiger partial charge in [0.2, 0.25) is 0 Å². The topological polar surface area (TPSA) is 35.8 Å². The van der Waals surface area contributed by atoms with Crippen LogP contribution in [0, 0.1) is 0 Å². The van der Waals surface area contributed by atoms with E-state index >= 15 is 0 Å². The summed E-state index contributed by atoms with van der Waals surface area (Å²) < 4.78 is 0. The number of rotatable bonds is 9. The number of unbranched alkanes of at least 4 members (excludes halogenated alkanes) is 5. The highest BCUT2D eigenvalue weighted by Crippen LogP contribution is 2.14. The summed E-state index contributed by atoms with van der Waals surface area (Å²) in [5.41, 5.74) is 0. The van der Waals surface area contributed by atoms with Crippen LogP contribution in [0.25, 0.3) is 0 Å². The zero-order valence-corrected chi connectivity index (χ0v) is 13.6. The first-order valence-electron chi connectivity index (χ1n) is 7.20. The van der Waals surface area contributed by atoms with Crippen molar-refractivity contribution in [2.24, 2.45) is 4.99 Å². The van der Waals surface area contributed by atoms with Crippen LogP contribution in [-0.2, 0) is 0 Å². The third-order valence-electron chi connectivity index (χ3n) is 3.34. The lowest BCUT2D eigenvalue weighted by Gasteiger charge is -2.19. The molecule has 1 aliphatic rings. The lowest BCUT2D eigenvalue weighted by atomic mass is 10.1. The smallest absolute Gasteiger partial charge is 0.0994 e. The van der Waals surface area contributed by atoms with Gasteiger partial charge in [-0.2, -0.15) is 0 Å². The summed E-state index contributed by atoms with van der Waals surface area (Å²) in [5.74, 6) is 1.22. The van der Waals surface area contributed by atoms with Crippen LogP contribution in [0.5, 0.6) is 0 Å². The van der Waals surface area contributed by atoms with Crippen molar-refractivity contribution >= 4 is 22.8 Å². The maximum Gasteiger partial charge on any atom is 0.0994 e. The van der Waals surface area contributed by atoms with Gasteiger partial charge < -0.3 is 10.0 Å². The second kappa shape index (κ2) is 10.8. The normalized spacial score (nSPS) is 18.7. The minimum atomic E-state index is 0. The second-order valence-electron chi connectivity index (χ2n) is 5.08. The Morgan fingerprint density at radius 3 is 2.56 bits per heavy atom. The minimum Gasteiger partial charge on any atom is -0.395 e. The summed E-state index contributed by atoms with van der Waals surface area (Å²) in [6, 6.07) is 0.414. The van der Waals surface area contributed by atoms with Crippen molar-refractivity contribution in [1.82, 2.24) is 4.90 Å². The number of β-amino-alcohol motifs (C(OH)–C–C–N with tert-alkyl or cyclic N) is 1. The SMILES string of the molecule is Br.CCCCCCCCC1=NC(C)CN1CCO. The molecule has 0 aliphatic carbocycles. The summed E-state index contributed by atoms with van der Waals surface area (Å²) in [6.45, 7) is 6.38. The van der Waals surface area contributed by atoms with Crippen molar-refractivity contribution in [2.75, 3.05) is 19.7 Å². The van der Waals surface area contributed by atoms with Crippen molar-refractivity contribution < 1.29 is 5.11 Å². The number of aliphatic imine (C=N–C) groups is 1. The molecule has 0 amide bonds. The lowest BCUT2D eigenvalue weighted by molar-refractivity contribution is 0.251. The van der Waals surface area contributed by atoms with Crippen molar-refractivity contribution in [2.45, 2.75) is 64.8 Å². The van der Waals surface area contributed by atoms with E-state index in [-0.39, 0.29) is 23.6 Å². The molecular formula is C14H29BrN2O. The third kappa shape index (κ3) is 6.74. The van der Waals surface area contributed by atoms with Gasteiger partial charge in [-0.25, -0.2) is 0 Å². The molecule has 0 aromatic heterocycles. The van der Waals surface area contributed by atoms with E-state index in [0.29, 0.717) is 6.04 Å². The highest BCUT2D eigenvalue weighted by Gasteiger charge is 2.20. The van der Waals surface area contributed by atoms with Crippen LogP contribution in [0.2, 0.25) is 0 Å². The van der Waals surface area contributed by atoms with Crippen molar-refractivity contribution in [3.8, 4) is 0 Å².